The fourth-order valence-electron chi connectivity index (χ4n) is 2.01. The van der Waals surface area contributed by atoms with Gasteiger partial charge in [0.1, 0.15) is 0 Å². The van der Waals surface area contributed by atoms with Crippen molar-refractivity contribution in [1.82, 2.24) is 4.68 Å². The maximum Gasteiger partial charge on any atom is 0.223 e. The van der Waals surface area contributed by atoms with Gasteiger partial charge in [0.2, 0.25) is 5.43 Å². The lowest BCUT2D eigenvalue weighted by atomic mass is 10.2. The van der Waals surface area contributed by atoms with Gasteiger partial charge in [-0.1, -0.05) is 0 Å². The fourth-order valence-corrected chi connectivity index (χ4v) is 2.01. The van der Waals surface area contributed by atoms with Crippen molar-refractivity contribution in [3.05, 3.63) is 28.2 Å². The molecule has 1 aromatic heterocycles. The van der Waals surface area contributed by atoms with Gasteiger partial charge < -0.3 is 10.1 Å². The summed E-state index contributed by atoms with van der Waals surface area (Å²) in [6.07, 6.45) is 5.35. The predicted molar refractivity (Wildman–Crippen MR) is 58.9 cm³/mol. The second-order valence-corrected chi connectivity index (χ2v) is 3.97. The molecule has 4 heteroatoms. The van der Waals surface area contributed by atoms with Gasteiger partial charge in [0.05, 0.1) is 5.69 Å². The van der Waals surface area contributed by atoms with Crippen molar-refractivity contribution in [1.29, 1.82) is 0 Å². The van der Waals surface area contributed by atoms with E-state index in [1.54, 1.807) is 13.1 Å². The average Bonchev–Trinajstić information content (AvgIpc) is 2.27. The number of aromatic hydroxyl groups is 1. The van der Waals surface area contributed by atoms with Crippen LogP contribution in [0.4, 0.5) is 0 Å². The lowest BCUT2D eigenvalue weighted by Crippen LogP contribution is -2.40. The Hall–Kier alpha value is -1.45. The quantitative estimate of drug-likeness (QED) is 0.748. The highest BCUT2D eigenvalue weighted by atomic mass is 16.3. The summed E-state index contributed by atoms with van der Waals surface area (Å²) in [6, 6.07) is 1.41. The zero-order chi connectivity index (χ0) is 10.8. The molecule has 1 aliphatic heterocycles. The van der Waals surface area contributed by atoms with Gasteiger partial charge in [-0.05, 0) is 26.2 Å². The second kappa shape index (κ2) is 3.96. The maximum absolute atomic E-state index is 11.2. The topological polar surface area (TPSA) is 45.5 Å². The minimum Gasteiger partial charge on any atom is -0.503 e. The normalized spacial score (nSPS) is 16.7. The van der Waals surface area contributed by atoms with E-state index in [1.165, 1.54) is 25.3 Å². The van der Waals surface area contributed by atoms with E-state index in [2.05, 4.69) is 5.01 Å². The van der Waals surface area contributed by atoms with Crippen LogP contribution >= 0.6 is 0 Å². The van der Waals surface area contributed by atoms with Crippen LogP contribution in [0.2, 0.25) is 0 Å². The van der Waals surface area contributed by atoms with Gasteiger partial charge in [-0.15, -0.1) is 0 Å². The number of hydrogen-bond donors (Lipinski definition) is 1. The van der Waals surface area contributed by atoms with Crippen molar-refractivity contribution in [2.24, 2.45) is 0 Å². The first-order valence-electron chi connectivity index (χ1n) is 5.36. The summed E-state index contributed by atoms with van der Waals surface area (Å²) in [7, 11) is 0. The molecule has 1 N–H and O–H groups in total. The number of nitrogens with zero attached hydrogens (tertiary/aromatic N) is 2. The molecule has 0 spiro atoms. The number of rotatable bonds is 1. The van der Waals surface area contributed by atoms with Crippen LogP contribution in [0.25, 0.3) is 0 Å². The van der Waals surface area contributed by atoms with Crippen molar-refractivity contribution in [3.63, 3.8) is 0 Å². The molecule has 82 valence electrons. The van der Waals surface area contributed by atoms with E-state index in [1.807, 2.05) is 4.68 Å². The van der Waals surface area contributed by atoms with E-state index in [4.69, 9.17) is 0 Å². The Balaban J connectivity index is 2.35. The monoisotopic (exact) mass is 208 g/mol. The largest absolute Gasteiger partial charge is 0.503 e. The van der Waals surface area contributed by atoms with Crippen LogP contribution in [0, 0.1) is 6.92 Å². The lowest BCUT2D eigenvalue weighted by molar-refractivity contribution is 0.431. The first-order chi connectivity index (χ1) is 7.20. The second-order valence-electron chi connectivity index (χ2n) is 3.97. The molecule has 0 bridgehead atoms. The first kappa shape index (κ1) is 10.1. The van der Waals surface area contributed by atoms with Crippen molar-refractivity contribution in [2.75, 3.05) is 18.1 Å². The van der Waals surface area contributed by atoms with Crippen molar-refractivity contribution >= 4 is 0 Å². The van der Waals surface area contributed by atoms with Gasteiger partial charge in [-0.2, -0.15) is 0 Å². The highest BCUT2D eigenvalue weighted by Gasteiger charge is 2.13. The Morgan fingerprint density at radius 1 is 1.27 bits per heavy atom. The summed E-state index contributed by atoms with van der Waals surface area (Å²) >= 11 is 0. The number of hydrogen-bond acceptors (Lipinski definition) is 3. The molecular formula is C11H16N2O2. The van der Waals surface area contributed by atoms with Gasteiger partial charge in [0.15, 0.2) is 5.75 Å². The Kier molecular flexibility index (Phi) is 2.66. The van der Waals surface area contributed by atoms with E-state index in [-0.39, 0.29) is 11.2 Å². The van der Waals surface area contributed by atoms with E-state index in [0.717, 1.165) is 13.1 Å². The van der Waals surface area contributed by atoms with E-state index >= 15 is 0 Å². The zero-order valence-electron chi connectivity index (χ0n) is 8.94. The molecule has 0 saturated carbocycles. The van der Waals surface area contributed by atoms with Crippen LogP contribution in [0.3, 0.4) is 0 Å². The van der Waals surface area contributed by atoms with E-state index in [0.29, 0.717) is 5.69 Å². The van der Waals surface area contributed by atoms with Crippen LogP contribution in [0.15, 0.2) is 17.1 Å². The molecule has 1 saturated heterocycles. The van der Waals surface area contributed by atoms with E-state index < -0.39 is 0 Å². The third-order valence-electron chi connectivity index (χ3n) is 2.92. The third-order valence-corrected chi connectivity index (χ3v) is 2.92. The molecular weight excluding hydrogens is 192 g/mol. The highest BCUT2D eigenvalue weighted by molar-refractivity contribution is 5.26. The molecule has 4 nitrogen and oxygen atoms in total. The molecule has 2 rings (SSSR count). The zero-order valence-corrected chi connectivity index (χ0v) is 8.94. The molecule has 1 aromatic rings. The molecule has 0 radical (unpaired) electrons. The number of pyridine rings is 1. The summed E-state index contributed by atoms with van der Waals surface area (Å²) in [5.74, 6) is -0.136. The molecule has 15 heavy (non-hydrogen) atoms. The van der Waals surface area contributed by atoms with Crippen LogP contribution in [0.5, 0.6) is 5.75 Å². The van der Waals surface area contributed by atoms with Crippen LogP contribution in [-0.2, 0) is 0 Å². The summed E-state index contributed by atoms with van der Waals surface area (Å²) in [5, 5.41) is 11.7. The summed E-state index contributed by atoms with van der Waals surface area (Å²) in [6.45, 7) is 3.75. The van der Waals surface area contributed by atoms with Crippen molar-refractivity contribution < 1.29 is 5.11 Å². The molecule has 0 aromatic carbocycles. The molecule has 0 atom stereocenters. The predicted octanol–water partition coefficient (Wildman–Crippen LogP) is 0.984. The summed E-state index contributed by atoms with van der Waals surface area (Å²) in [4.78, 5) is 11.2. The first-order valence-corrected chi connectivity index (χ1v) is 5.36. The minimum atomic E-state index is -0.305. The summed E-state index contributed by atoms with van der Waals surface area (Å²) < 4.78 is 1.88. The van der Waals surface area contributed by atoms with Crippen molar-refractivity contribution in [2.45, 2.75) is 26.2 Å². The SMILES string of the molecule is Cc1c(O)c(=O)ccn1N1CCCCC1. The van der Waals surface area contributed by atoms with Gasteiger partial charge in [0.25, 0.3) is 0 Å². The van der Waals surface area contributed by atoms with E-state index in [9.17, 15) is 9.90 Å². The number of piperidine rings is 1. The Morgan fingerprint density at radius 3 is 2.60 bits per heavy atom. The highest BCUT2D eigenvalue weighted by Crippen LogP contribution is 2.13. The smallest absolute Gasteiger partial charge is 0.223 e. The molecule has 0 aliphatic carbocycles. The molecule has 0 amide bonds. The molecule has 1 aliphatic rings. The van der Waals surface area contributed by atoms with Crippen LogP contribution in [0.1, 0.15) is 25.0 Å². The Labute approximate surface area is 88.7 Å². The minimum absolute atomic E-state index is 0.136. The average molecular weight is 208 g/mol. The lowest BCUT2D eigenvalue weighted by Gasteiger charge is -2.32. The van der Waals surface area contributed by atoms with Gasteiger partial charge >= 0.3 is 0 Å². The van der Waals surface area contributed by atoms with Crippen molar-refractivity contribution in [3.8, 4) is 5.75 Å². The van der Waals surface area contributed by atoms with Gasteiger partial charge in [-0.3, -0.25) is 9.47 Å². The van der Waals surface area contributed by atoms with Crippen LogP contribution in [-0.4, -0.2) is 22.9 Å². The molecule has 1 fully saturated rings. The van der Waals surface area contributed by atoms with Crippen LogP contribution < -0.4 is 10.4 Å². The fraction of sp³-hybridized carbons (Fsp3) is 0.545. The molecule has 2 heterocycles. The van der Waals surface area contributed by atoms with Gasteiger partial charge in [-0.25, -0.2) is 0 Å². The maximum atomic E-state index is 11.2. The Morgan fingerprint density at radius 2 is 1.93 bits per heavy atom. The third kappa shape index (κ3) is 1.84. The number of aromatic nitrogens is 1. The molecule has 0 unspecified atom stereocenters. The Bertz CT molecular complexity index is 406. The standard InChI is InChI=1S/C11H16N2O2/c1-9-11(15)10(14)5-8-13(9)12-6-3-2-4-7-12/h5,8,15H,2-4,6-7H2,1H3. The summed E-state index contributed by atoms with van der Waals surface area (Å²) in [5.41, 5.74) is 0.324. The van der Waals surface area contributed by atoms with Gasteiger partial charge in [0, 0.05) is 25.4 Å².